The van der Waals surface area contributed by atoms with E-state index in [-0.39, 0.29) is 17.7 Å². The van der Waals surface area contributed by atoms with Gasteiger partial charge in [-0.2, -0.15) is 0 Å². The van der Waals surface area contributed by atoms with Gasteiger partial charge in [0.25, 0.3) is 5.91 Å². The molecule has 128 valence electrons. The van der Waals surface area contributed by atoms with Crippen LogP contribution in [0.1, 0.15) is 22.2 Å². The summed E-state index contributed by atoms with van der Waals surface area (Å²) < 4.78 is 0. The molecule has 0 spiro atoms. The lowest BCUT2D eigenvalue weighted by Crippen LogP contribution is -2.29. The van der Waals surface area contributed by atoms with Gasteiger partial charge in [-0.3, -0.25) is 9.59 Å². The molecule has 1 atom stereocenters. The largest absolute Gasteiger partial charge is 0.347 e. The van der Waals surface area contributed by atoms with Crippen molar-refractivity contribution in [2.24, 2.45) is 5.92 Å². The molecule has 0 aliphatic heterocycles. The van der Waals surface area contributed by atoms with Gasteiger partial charge in [0, 0.05) is 23.0 Å². The predicted molar refractivity (Wildman–Crippen MR) is 98.7 cm³/mol. The fourth-order valence-electron chi connectivity index (χ4n) is 2.12. The molecule has 1 aromatic carbocycles. The van der Waals surface area contributed by atoms with Crippen LogP contribution in [-0.4, -0.2) is 25.4 Å². The molecule has 2 rings (SSSR count). The van der Waals surface area contributed by atoms with Gasteiger partial charge in [-0.25, -0.2) is 0 Å². The number of amides is 2. The first-order valence-corrected chi connectivity index (χ1v) is 8.82. The Morgan fingerprint density at radius 2 is 2.08 bits per heavy atom. The minimum atomic E-state index is -0.271. The number of carbonyl (C=O) groups excluding carboxylic acids is 2. The van der Waals surface area contributed by atoms with E-state index in [2.05, 4.69) is 16.0 Å². The second kappa shape index (κ2) is 8.82. The standard InChI is InChI=1S/C17H20ClN3O2S/c1-11(9-19-2)16(22)21-12-5-6-15(18)14(8-12)17(23)20-10-13-4-3-7-24-13/h3-8,11,19H,9-10H2,1-2H3,(H,20,23)(H,21,22). The molecule has 7 heteroatoms. The third kappa shape index (κ3) is 5.06. The van der Waals surface area contributed by atoms with Gasteiger partial charge in [0.2, 0.25) is 5.91 Å². The highest BCUT2D eigenvalue weighted by Gasteiger charge is 2.15. The molecule has 5 nitrogen and oxygen atoms in total. The average Bonchev–Trinajstić information content (AvgIpc) is 3.08. The van der Waals surface area contributed by atoms with Crippen molar-refractivity contribution < 1.29 is 9.59 Å². The summed E-state index contributed by atoms with van der Waals surface area (Å²) in [5.41, 5.74) is 0.890. The molecule has 0 saturated carbocycles. The number of hydrogen-bond donors (Lipinski definition) is 3. The van der Waals surface area contributed by atoms with Crippen molar-refractivity contribution in [2.45, 2.75) is 13.5 Å². The van der Waals surface area contributed by atoms with Crippen LogP contribution in [0.25, 0.3) is 0 Å². The molecule has 0 aliphatic carbocycles. The summed E-state index contributed by atoms with van der Waals surface area (Å²) in [7, 11) is 1.79. The summed E-state index contributed by atoms with van der Waals surface area (Å²) >= 11 is 7.69. The zero-order chi connectivity index (χ0) is 17.5. The highest BCUT2D eigenvalue weighted by molar-refractivity contribution is 7.09. The molecule has 2 amide bonds. The van der Waals surface area contributed by atoms with E-state index < -0.39 is 0 Å². The molecular weight excluding hydrogens is 346 g/mol. The van der Waals surface area contributed by atoms with Crippen LogP contribution in [0, 0.1) is 5.92 Å². The number of hydrogen-bond acceptors (Lipinski definition) is 4. The zero-order valence-corrected chi connectivity index (χ0v) is 15.1. The molecular formula is C17H20ClN3O2S. The van der Waals surface area contributed by atoms with Crippen LogP contribution in [0.5, 0.6) is 0 Å². The Morgan fingerprint density at radius 3 is 2.75 bits per heavy atom. The van der Waals surface area contributed by atoms with Crippen molar-refractivity contribution in [3.05, 3.63) is 51.2 Å². The number of halogens is 1. The quantitative estimate of drug-likeness (QED) is 0.706. The predicted octanol–water partition coefficient (Wildman–Crippen LogP) is 3.13. The van der Waals surface area contributed by atoms with E-state index >= 15 is 0 Å². The van der Waals surface area contributed by atoms with Crippen molar-refractivity contribution >= 4 is 40.4 Å². The van der Waals surface area contributed by atoms with E-state index in [9.17, 15) is 9.59 Å². The summed E-state index contributed by atoms with van der Waals surface area (Å²) in [6.07, 6.45) is 0. The highest BCUT2D eigenvalue weighted by atomic mass is 35.5. The second-order valence-electron chi connectivity index (χ2n) is 5.40. The summed E-state index contributed by atoms with van der Waals surface area (Å²) in [6.45, 7) is 2.85. The van der Waals surface area contributed by atoms with Gasteiger partial charge in [-0.05, 0) is 36.7 Å². The molecule has 0 fully saturated rings. The van der Waals surface area contributed by atoms with E-state index in [1.54, 1.807) is 36.6 Å². The van der Waals surface area contributed by atoms with Crippen LogP contribution in [0.15, 0.2) is 35.7 Å². The monoisotopic (exact) mass is 365 g/mol. The molecule has 24 heavy (non-hydrogen) atoms. The van der Waals surface area contributed by atoms with E-state index in [1.807, 2.05) is 24.4 Å². The third-order valence-corrected chi connectivity index (χ3v) is 4.65. The summed E-state index contributed by atoms with van der Waals surface area (Å²) in [4.78, 5) is 25.4. The molecule has 0 aliphatic rings. The number of thiophene rings is 1. The molecule has 1 heterocycles. The maximum Gasteiger partial charge on any atom is 0.253 e. The minimum Gasteiger partial charge on any atom is -0.347 e. The van der Waals surface area contributed by atoms with Gasteiger partial charge in [-0.15, -0.1) is 11.3 Å². The fourth-order valence-corrected chi connectivity index (χ4v) is 2.97. The molecule has 1 aromatic heterocycles. The van der Waals surface area contributed by atoms with Gasteiger partial charge in [0.05, 0.1) is 17.1 Å². The molecule has 0 radical (unpaired) electrons. The summed E-state index contributed by atoms with van der Waals surface area (Å²) in [5, 5.41) is 10.9. The Balaban J connectivity index is 2.04. The number of carbonyl (C=O) groups is 2. The van der Waals surface area contributed by atoms with Crippen molar-refractivity contribution in [1.82, 2.24) is 10.6 Å². The normalized spacial score (nSPS) is 11.8. The van der Waals surface area contributed by atoms with Crippen molar-refractivity contribution in [3.63, 3.8) is 0 Å². The SMILES string of the molecule is CNCC(C)C(=O)Nc1ccc(Cl)c(C(=O)NCc2cccs2)c1. The van der Waals surface area contributed by atoms with Gasteiger partial charge in [-0.1, -0.05) is 24.6 Å². The first-order chi connectivity index (χ1) is 11.5. The van der Waals surface area contributed by atoms with E-state index in [0.29, 0.717) is 29.4 Å². The fraction of sp³-hybridized carbons (Fsp3) is 0.294. The number of rotatable bonds is 7. The Bertz CT molecular complexity index is 704. The molecule has 0 bridgehead atoms. The second-order valence-corrected chi connectivity index (χ2v) is 6.84. The number of benzene rings is 1. The molecule has 3 N–H and O–H groups in total. The van der Waals surface area contributed by atoms with Crippen LogP contribution in [-0.2, 0) is 11.3 Å². The lowest BCUT2D eigenvalue weighted by Gasteiger charge is -2.13. The molecule has 0 saturated heterocycles. The van der Waals surface area contributed by atoms with Crippen molar-refractivity contribution in [2.75, 3.05) is 18.9 Å². The Morgan fingerprint density at radius 1 is 1.29 bits per heavy atom. The van der Waals surface area contributed by atoms with Gasteiger partial charge >= 0.3 is 0 Å². The van der Waals surface area contributed by atoms with E-state index in [0.717, 1.165) is 4.88 Å². The zero-order valence-electron chi connectivity index (χ0n) is 13.6. The lowest BCUT2D eigenvalue weighted by atomic mass is 10.1. The van der Waals surface area contributed by atoms with Gasteiger partial charge in [0.1, 0.15) is 0 Å². The smallest absolute Gasteiger partial charge is 0.253 e. The summed E-state index contributed by atoms with van der Waals surface area (Å²) in [6, 6.07) is 8.77. The van der Waals surface area contributed by atoms with Crippen LogP contribution < -0.4 is 16.0 Å². The van der Waals surface area contributed by atoms with Crippen molar-refractivity contribution in [3.8, 4) is 0 Å². The average molecular weight is 366 g/mol. The van der Waals surface area contributed by atoms with Crippen molar-refractivity contribution in [1.29, 1.82) is 0 Å². The van der Waals surface area contributed by atoms with Crippen LogP contribution in [0.3, 0.4) is 0 Å². The first-order valence-electron chi connectivity index (χ1n) is 7.57. The highest BCUT2D eigenvalue weighted by Crippen LogP contribution is 2.21. The minimum absolute atomic E-state index is 0.114. The van der Waals surface area contributed by atoms with Crippen LogP contribution >= 0.6 is 22.9 Å². The number of anilines is 1. The Hall–Kier alpha value is -1.89. The number of nitrogens with one attached hydrogen (secondary N) is 3. The van der Waals surface area contributed by atoms with Gasteiger partial charge < -0.3 is 16.0 Å². The van der Waals surface area contributed by atoms with Gasteiger partial charge in [0.15, 0.2) is 0 Å². The van der Waals surface area contributed by atoms with E-state index in [1.165, 1.54) is 0 Å². The van der Waals surface area contributed by atoms with E-state index in [4.69, 9.17) is 11.6 Å². The molecule has 1 unspecified atom stereocenters. The summed E-state index contributed by atoms with van der Waals surface area (Å²) in [5.74, 6) is -0.564. The van der Waals surface area contributed by atoms with Crippen LogP contribution in [0.4, 0.5) is 5.69 Å². The topological polar surface area (TPSA) is 70.2 Å². The first kappa shape index (κ1) is 18.4. The Kier molecular flexibility index (Phi) is 6.78. The molecule has 2 aromatic rings. The lowest BCUT2D eigenvalue weighted by molar-refractivity contribution is -0.119. The third-order valence-electron chi connectivity index (χ3n) is 3.44. The van der Waals surface area contributed by atoms with Crippen LogP contribution in [0.2, 0.25) is 5.02 Å². The maximum atomic E-state index is 12.3. The Labute approximate surface area is 150 Å². The maximum absolute atomic E-state index is 12.3.